The molecule has 3 aromatic rings. The van der Waals surface area contributed by atoms with Crippen molar-refractivity contribution in [2.75, 3.05) is 19.6 Å². The van der Waals surface area contributed by atoms with Gasteiger partial charge in [-0.2, -0.15) is 0 Å². The van der Waals surface area contributed by atoms with Crippen LogP contribution in [0.4, 0.5) is 0 Å². The molecule has 1 saturated heterocycles. The smallest absolute Gasteiger partial charge is 0.250 e. The van der Waals surface area contributed by atoms with Gasteiger partial charge in [-0.25, -0.2) is 0 Å². The first-order chi connectivity index (χ1) is 14.5. The van der Waals surface area contributed by atoms with Gasteiger partial charge in [0.2, 0.25) is 5.56 Å². The number of fused-ring (bicyclic) bond motifs is 1. The van der Waals surface area contributed by atoms with Crippen molar-refractivity contribution in [1.29, 1.82) is 0 Å². The van der Waals surface area contributed by atoms with E-state index in [2.05, 4.69) is 48.9 Å². The Balaban J connectivity index is 1.67. The highest BCUT2D eigenvalue weighted by atomic mass is 16.1. The fourth-order valence-corrected chi connectivity index (χ4v) is 4.93. The van der Waals surface area contributed by atoms with E-state index in [4.69, 9.17) is 0 Å². The van der Waals surface area contributed by atoms with Crippen molar-refractivity contribution >= 4 is 10.9 Å². The van der Waals surface area contributed by atoms with Crippen LogP contribution in [-0.2, 0) is 7.05 Å². The number of H-pyrrole nitrogens is 1. The van der Waals surface area contributed by atoms with Gasteiger partial charge in [-0.1, -0.05) is 33.3 Å². The van der Waals surface area contributed by atoms with Crippen LogP contribution < -0.4 is 5.56 Å². The highest BCUT2D eigenvalue weighted by molar-refractivity contribution is 5.91. The van der Waals surface area contributed by atoms with Crippen molar-refractivity contribution in [3.05, 3.63) is 58.0 Å². The van der Waals surface area contributed by atoms with Crippen LogP contribution >= 0.6 is 0 Å². The number of benzene rings is 1. The molecule has 0 bridgehead atoms. The monoisotopic (exact) mass is 405 g/mol. The predicted octanol–water partition coefficient (Wildman–Crippen LogP) is 5.64. The van der Waals surface area contributed by atoms with Crippen LogP contribution in [0.5, 0.6) is 0 Å². The summed E-state index contributed by atoms with van der Waals surface area (Å²) in [6.45, 7) is 10.5. The Kier molecular flexibility index (Phi) is 6.14. The summed E-state index contributed by atoms with van der Waals surface area (Å²) < 4.78 is 1.66. The zero-order valence-corrected chi connectivity index (χ0v) is 18.9. The lowest BCUT2D eigenvalue weighted by Gasteiger charge is -2.32. The number of aryl methyl sites for hydroxylation is 1. The molecule has 0 unspecified atom stereocenters. The second-order valence-corrected chi connectivity index (χ2v) is 9.21. The van der Waals surface area contributed by atoms with Gasteiger partial charge in [0.25, 0.3) is 0 Å². The number of aromatic nitrogens is 2. The maximum absolute atomic E-state index is 11.8. The molecule has 30 heavy (non-hydrogen) atoms. The number of nitrogens with zero attached hydrogens (tertiary/aromatic N) is 2. The fraction of sp³-hybridized carbons (Fsp3) is 0.500. The molecule has 0 radical (unpaired) electrons. The van der Waals surface area contributed by atoms with E-state index in [0.29, 0.717) is 11.8 Å². The molecule has 160 valence electrons. The molecule has 1 N–H and O–H groups in total. The number of likely N-dealkylation sites (tertiary alicyclic amines) is 1. The van der Waals surface area contributed by atoms with E-state index in [0.717, 1.165) is 11.3 Å². The third kappa shape index (κ3) is 4.11. The Morgan fingerprint density at radius 1 is 1.13 bits per heavy atom. The third-order valence-electron chi connectivity index (χ3n) is 6.70. The van der Waals surface area contributed by atoms with E-state index in [1.807, 2.05) is 19.3 Å². The predicted molar refractivity (Wildman–Crippen MR) is 126 cm³/mol. The fourth-order valence-electron chi connectivity index (χ4n) is 4.93. The van der Waals surface area contributed by atoms with Crippen molar-refractivity contribution in [2.24, 2.45) is 7.05 Å². The molecule has 0 atom stereocenters. The lowest BCUT2D eigenvalue weighted by Crippen LogP contribution is -2.33. The molecule has 4 heteroatoms. The second-order valence-electron chi connectivity index (χ2n) is 9.21. The van der Waals surface area contributed by atoms with Gasteiger partial charge in [-0.05, 0) is 80.1 Å². The molecular formula is C26H35N3O. The van der Waals surface area contributed by atoms with Crippen LogP contribution in [0.2, 0.25) is 0 Å². The second kappa shape index (κ2) is 8.81. The molecule has 1 aromatic carbocycles. The van der Waals surface area contributed by atoms with Crippen molar-refractivity contribution in [3.8, 4) is 11.3 Å². The van der Waals surface area contributed by atoms with E-state index in [1.54, 1.807) is 10.6 Å². The van der Waals surface area contributed by atoms with Gasteiger partial charge >= 0.3 is 0 Å². The van der Waals surface area contributed by atoms with Gasteiger partial charge < -0.3 is 14.5 Å². The molecule has 0 spiro atoms. The average molecular weight is 406 g/mol. The summed E-state index contributed by atoms with van der Waals surface area (Å²) in [6.07, 6.45) is 7.03. The van der Waals surface area contributed by atoms with Crippen molar-refractivity contribution in [1.82, 2.24) is 14.5 Å². The minimum absolute atomic E-state index is 0.0218. The Bertz CT molecular complexity index is 1070. The van der Waals surface area contributed by atoms with E-state index in [9.17, 15) is 4.79 Å². The SMILES string of the molecule is CCCCN1CCC(c2ccc3[nH]c(-c4ccc(=O)n(C)c4)c(C(C)C)c3c2)CC1. The van der Waals surface area contributed by atoms with Crippen LogP contribution in [0, 0.1) is 0 Å². The molecule has 0 saturated carbocycles. The van der Waals surface area contributed by atoms with E-state index < -0.39 is 0 Å². The molecule has 0 aliphatic carbocycles. The standard InChI is InChI=1S/C26H35N3O/c1-5-6-13-29-14-11-19(12-15-29)20-7-9-23-22(16-20)25(18(2)3)26(27-23)21-8-10-24(30)28(4)17-21/h7-10,16-19,27H,5-6,11-15H2,1-4H3. The largest absolute Gasteiger partial charge is 0.354 e. The molecule has 1 aliphatic heterocycles. The van der Waals surface area contributed by atoms with Crippen molar-refractivity contribution < 1.29 is 0 Å². The zero-order valence-electron chi connectivity index (χ0n) is 18.9. The highest BCUT2D eigenvalue weighted by Crippen LogP contribution is 2.38. The molecule has 4 nitrogen and oxygen atoms in total. The summed E-state index contributed by atoms with van der Waals surface area (Å²) in [7, 11) is 1.81. The molecule has 1 fully saturated rings. The summed E-state index contributed by atoms with van der Waals surface area (Å²) >= 11 is 0. The summed E-state index contributed by atoms with van der Waals surface area (Å²) in [5.41, 5.74) is 6.25. The van der Waals surface area contributed by atoms with Gasteiger partial charge in [0, 0.05) is 35.8 Å². The minimum Gasteiger partial charge on any atom is -0.354 e. The first-order valence-corrected chi connectivity index (χ1v) is 11.5. The van der Waals surface area contributed by atoms with Crippen molar-refractivity contribution in [3.63, 3.8) is 0 Å². The highest BCUT2D eigenvalue weighted by Gasteiger charge is 2.22. The summed E-state index contributed by atoms with van der Waals surface area (Å²) in [4.78, 5) is 18.1. The molecule has 0 amide bonds. The lowest BCUT2D eigenvalue weighted by molar-refractivity contribution is 0.210. The van der Waals surface area contributed by atoms with Crippen LogP contribution in [0.25, 0.3) is 22.2 Å². The summed E-state index contributed by atoms with van der Waals surface area (Å²) in [6, 6.07) is 10.6. The Labute approximate surface area is 179 Å². The molecular weight excluding hydrogens is 370 g/mol. The number of rotatable bonds is 6. The van der Waals surface area contributed by atoms with Gasteiger partial charge in [0.1, 0.15) is 0 Å². The van der Waals surface area contributed by atoms with Gasteiger partial charge in [-0.3, -0.25) is 4.79 Å². The first-order valence-electron chi connectivity index (χ1n) is 11.5. The first kappa shape index (κ1) is 20.9. The number of hydrogen-bond donors (Lipinski definition) is 1. The van der Waals surface area contributed by atoms with Gasteiger partial charge in [0.05, 0.1) is 5.69 Å². The van der Waals surface area contributed by atoms with E-state index in [-0.39, 0.29) is 5.56 Å². The summed E-state index contributed by atoms with van der Waals surface area (Å²) in [5, 5.41) is 1.33. The average Bonchev–Trinajstić information content (AvgIpc) is 3.13. The number of hydrogen-bond acceptors (Lipinski definition) is 2. The molecule has 2 aromatic heterocycles. The van der Waals surface area contributed by atoms with Crippen LogP contribution in [0.3, 0.4) is 0 Å². The zero-order chi connectivity index (χ0) is 21.3. The number of piperidine rings is 1. The maximum Gasteiger partial charge on any atom is 0.250 e. The maximum atomic E-state index is 11.8. The molecule has 1 aliphatic rings. The number of aromatic amines is 1. The van der Waals surface area contributed by atoms with Crippen LogP contribution in [-0.4, -0.2) is 34.1 Å². The van der Waals surface area contributed by atoms with Crippen LogP contribution in [0.15, 0.2) is 41.3 Å². The number of nitrogens with one attached hydrogen (secondary N) is 1. The Morgan fingerprint density at radius 2 is 1.90 bits per heavy atom. The Morgan fingerprint density at radius 3 is 2.57 bits per heavy atom. The van der Waals surface area contributed by atoms with E-state index >= 15 is 0 Å². The lowest BCUT2D eigenvalue weighted by atomic mass is 9.87. The van der Waals surface area contributed by atoms with Crippen molar-refractivity contribution in [2.45, 2.75) is 58.3 Å². The molecule has 3 heterocycles. The third-order valence-corrected chi connectivity index (χ3v) is 6.70. The normalized spacial score (nSPS) is 16.0. The topological polar surface area (TPSA) is 41.0 Å². The number of unbranched alkanes of at least 4 members (excludes halogenated alkanes) is 1. The quantitative estimate of drug-likeness (QED) is 0.577. The van der Waals surface area contributed by atoms with Crippen LogP contribution in [0.1, 0.15) is 69.4 Å². The van der Waals surface area contributed by atoms with Gasteiger partial charge in [0.15, 0.2) is 0 Å². The Hall–Kier alpha value is -2.33. The summed E-state index contributed by atoms with van der Waals surface area (Å²) in [5.74, 6) is 1.06. The minimum atomic E-state index is 0.0218. The van der Waals surface area contributed by atoms with E-state index in [1.165, 1.54) is 67.3 Å². The molecule has 4 rings (SSSR count). The van der Waals surface area contributed by atoms with Gasteiger partial charge in [-0.15, -0.1) is 0 Å². The number of pyridine rings is 1.